The lowest BCUT2D eigenvalue weighted by Crippen LogP contribution is -1.75. The Morgan fingerprint density at radius 1 is 1.60 bits per heavy atom. The first-order chi connectivity index (χ1) is 4.97. The predicted octanol–water partition coefficient (Wildman–Crippen LogP) is -0.345. The van der Waals surface area contributed by atoms with Gasteiger partial charge >= 0.3 is 0 Å². The van der Waals surface area contributed by atoms with Gasteiger partial charge in [0.2, 0.25) is 11.6 Å². The molecule has 0 bridgehead atoms. The first-order valence-electron chi connectivity index (χ1n) is 2.53. The molecule has 2 aromatic heterocycles. The van der Waals surface area contributed by atoms with Crippen LogP contribution in [0.25, 0.3) is 11.6 Å². The highest BCUT2D eigenvalue weighted by atomic mass is 16.5. The number of nitrogens with zero attached hydrogens (tertiary/aromatic N) is 4. The van der Waals surface area contributed by atoms with E-state index in [2.05, 4.69) is 36.3 Å². The zero-order valence-corrected chi connectivity index (χ0v) is 4.77. The second-order valence-corrected chi connectivity index (χ2v) is 1.54. The fraction of sp³-hybridized carbons (Fsp3) is 0. The molecule has 0 fully saturated rings. The van der Waals surface area contributed by atoms with E-state index in [0.717, 1.165) is 0 Å². The summed E-state index contributed by atoms with van der Waals surface area (Å²) < 4.78 is 4.62. The molecule has 2 heterocycles. The van der Waals surface area contributed by atoms with Crippen molar-refractivity contribution in [2.45, 2.75) is 0 Å². The molecule has 1 N–H and O–H groups in total. The van der Waals surface area contributed by atoms with E-state index in [1.54, 1.807) is 0 Å². The lowest BCUT2D eigenvalue weighted by molar-refractivity contribution is 0.401. The number of nitrogens with one attached hydrogen (secondary N) is 1. The molecule has 0 spiro atoms. The average Bonchev–Trinajstić information content (AvgIpc) is 2.59. The van der Waals surface area contributed by atoms with E-state index in [4.69, 9.17) is 0 Å². The summed E-state index contributed by atoms with van der Waals surface area (Å²) in [6, 6.07) is 0. The number of hydrogen-bond acceptors (Lipinski definition) is 5. The van der Waals surface area contributed by atoms with Gasteiger partial charge in [0.05, 0.1) is 0 Å². The van der Waals surface area contributed by atoms with Crippen LogP contribution >= 0.6 is 0 Å². The summed E-state index contributed by atoms with van der Waals surface area (Å²) in [6.45, 7) is 0. The maximum atomic E-state index is 4.62. The molecular formula is C4H2N5O. The van der Waals surface area contributed by atoms with Gasteiger partial charge in [-0.05, 0) is 0 Å². The van der Waals surface area contributed by atoms with Gasteiger partial charge in [0.15, 0.2) is 6.20 Å². The van der Waals surface area contributed by atoms with Crippen molar-refractivity contribution >= 4 is 0 Å². The van der Waals surface area contributed by atoms with Crippen molar-refractivity contribution in [3.8, 4) is 11.6 Å². The van der Waals surface area contributed by atoms with Gasteiger partial charge in [-0.25, -0.2) is 4.98 Å². The van der Waals surface area contributed by atoms with Crippen molar-refractivity contribution in [1.82, 2.24) is 25.6 Å². The Morgan fingerprint density at radius 3 is 3.20 bits per heavy atom. The molecule has 0 saturated heterocycles. The number of rotatable bonds is 1. The van der Waals surface area contributed by atoms with Crippen LogP contribution < -0.4 is 0 Å². The third-order valence-corrected chi connectivity index (χ3v) is 0.943. The van der Waals surface area contributed by atoms with E-state index in [1.807, 2.05) is 0 Å². The topological polar surface area (TPSA) is 80.5 Å². The van der Waals surface area contributed by atoms with E-state index in [1.165, 1.54) is 6.33 Å². The Bertz CT molecular complexity index is 253. The van der Waals surface area contributed by atoms with E-state index < -0.39 is 0 Å². The van der Waals surface area contributed by atoms with Crippen LogP contribution in [0.2, 0.25) is 0 Å². The molecule has 0 aliphatic carbocycles. The van der Waals surface area contributed by atoms with Gasteiger partial charge in [0, 0.05) is 5.27 Å². The molecule has 2 rings (SSSR count). The molecule has 10 heavy (non-hydrogen) atoms. The van der Waals surface area contributed by atoms with Crippen LogP contribution in [0.1, 0.15) is 0 Å². The van der Waals surface area contributed by atoms with Gasteiger partial charge in [0.1, 0.15) is 6.33 Å². The predicted molar refractivity (Wildman–Crippen MR) is 28.5 cm³/mol. The SMILES string of the molecule is [c]1nnoc1-c1nc[nH]n1. The highest BCUT2D eigenvalue weighted by Gasteiger charge is 2.05. The Labute approximate surface area is 55.3 Å². The molecule has 6 nitrogen and oxygen atoms in total. The van der Waals surface area contributed by atoms with Crippen molar-refractivity contribution in [3.63, 3.8) is 0 Å². The van der Waals surface area contributed by atoms with E-state index in [9.17, 15) is 0 Å². The lowest BCUT2D eigenvalue weighted by Gasteiger charge is -1.77. The summed E-state index contributed by atoms with van der Waals surface area (Å²) in [7, 11) is 0. The molecule has 0 amide bonds. The molecule has 1 radical (unpaired) electrons. The molecule has 0 aliphatic heterocycles. The fourth-order valence-electron chi connectivity index (χ4n) is 0.557. The smallest absolute Gasteiger partial charge is 0.236 e. The third-order valence-electron chi connectivity index (χ3n) is 0.943. The molecule has 0 aliphatic rings. The normalized spacial score (nSPS) is 10.0. The summed E-state index contributed by atoms with van der Waals surface area (Å²) in [5.74, 6) is 0.742. The zero-order valence-electron chi connectivity index (χ0n) is 4.77. The zero-order chi connectivity index (χ0) is 6.81. The first-order valence-corrected chi connectivity index (χ1v) is 2.53. The summed E-state index contributed by atoms with van der Waals surface area (Å²) in [4.78, 5) is 3.79. The van der Waals surface area contributed by atoms with Crippen molar-refractivity contribution in [2.75, 3.05) is 0 Å². The summed E-state index contributed by atoms with van der Waals surface area (Å²) >= 11 is 0. The number of hydrogen-bond donors (Lipinski definition) is 1. The molecule has 0 aromatic carbocycles. The summed E-state index contributed by atoms with van der Waals surface area (Å²) in [5.41, 5.74) is 0. The Kier molecular flexibility index (Phi) is 0.970. The molecule has 6 heteroatoms. The van der Waals surface area contributed by atoms with Crippen LogP contribution in [0.4, 0.5) is 0 Å². The highest BCUT2D eigenvalue weighted by Crippen LogP contribution is 2.07. The second-order valence-electron chi connectivity index (χ2n) is 1.54. The molecule has 0 unspecified atom stereocenters. The van der Waals surface area contributed by atoms with Crippen LogP contribution in [-0.2, 0) is 0 Å². The lowest BCUT2D eigenvalue weighted by atomic mass is 10.5. The Balaban J connectivity index is 2.48. The maximum Gasteiger partial charge on any atom is 0.236 e. The minimum absolute atomic E-state index is 0.334. The fourth-order valence-corrected chi connectivity index (χ4v) is 0.557. The van der Waals surface area contributed by atoms with Crippen LogP contribution in [0.15, 0.2) is 10.9 Å². The van der Waals surface area contributed by atoms with E-state index >= 15 is 0 Å². The molecule has 2 aromatic rings. The first kappa shape index (κ1) is 5.10. The second kappa shape index (κ2) is 1.90. The molecular weight excluding hydrogens is 134 g/mol. The van der Waals surface area contributed by atoms with Gasteiger partial charge in [-0.2, -0.15) is 5.10 Å². The minimum atomic E-state index is 0.334. The molecule has 49 valence electrons. The monoisotopic (exact) mass is 136 g/mol. The van der Waals surface area contributed by atoms with Gasteiger partial charge in [-0.3, -0.25) is 5.10 Å². The van der Waals surface area contributed by atoms with Gasteiger partial charge < -0.3 is 4.52 Å². The molecule has 0 atom stereocenters. The van der Waals surface area contributed by atoms with Crippen LogP contribution in [0, 0.1) is 6.20 Å². The maximum absolute atomic E-state index is 4.62. The van der Waals surface area contributed by atoms with Gasteiger partial charge in [0.25, 0.3) is 0 Å². The standard InChI is InChI=1S/C4H2N5O/c1-3(10-9-6-1)4-5-2-7-8-4/h2H,(H,5,7,8). The van der Waals surface area contributed by atoms with E-state index in [0.29, 0.717) is 11.6 Å². The van der Waals surface area contributed by atoms with Crippen molar-refractivity contribution in [2.24, 2.45) is 0 Å². The Morgan fingerprint density at radius 2 is 2.60 bits per heavy atom. The number of H-pyrrole nitrogens is 1. The van der Waals surface area contributed by atoms with E-state index in [-0.39, 0.29) is 0 Å². The third kappa shape index (κ3) is 0.661. The van der Waals surface area contributed by atoms with Gasteiger partial charge in [-0.15, -0.1) is 5.10 Å². The number of aromatic amines is 1. The highest BCUT2D eigenvalue weighted by molar-refractivity contribution is 5.40. The number of aromatic nitrogens is 5. The average molecular weight is 136 g/mol. The summed E-state index contributed by atoms with van der Waals surface area (Å²) in [6.07, 6.45) is 3.90. The van der Waals surface area contributed by atoms with Crippen LogP contribution in [0.5, 0.6) is 0 Å². The van der Waals surface area contributed by atoms with Crippen molar-refractivity contribution in [3.05, 3.63) is 12.5 Å². The minimum Gasteiger partial charge on any atom is -0.333 e. The van der Waals surface area contributed by atoms with Gasteiger partial charge in [-0.1, -0.05) is 0 Å². The van der Waals surface area contributed by atoms with Crippen LogP contribution in [-0.4, -0.2) is 25.6 Å². The van der Waals surface area contributed by atoms with Crippen molar-refractivity contribution < 1.29 is 4.52 Å². The largest absolute Gasteiger partial charge is 0.333 e. The quantitative estimate of drug-likeness (QED) is 0.579. The Hall–Kier alpha value is -1.72. The van der Waals surface area contributed by atoms with Crippen LogP contribution in [0.3, 0.4) is 0 Å². The summed E-state index contributed by atoms with van der Waals surface area (Å²) in [5, 5.41) is 12.8. The molecule has 0 saturated carbocycles. The van der Waals surface area contributed by atoms with Crippen molar-refractivity contribution in [1.29, 1.82) is 0 Å².